The predicted molar refractivity (Wildman–Crippen MR) is 97.1 cm³/mol. The number of carboxylic acids is 1. The van der Waals surface area contributed by atoms with Crippen LogP contribution in [0.4, 0.5) is 0 Å². The Labute approximate surface area is 151 Å². The van der Waals surface area contributed by atoms with Crippen molar-refractivity contribution in [1.29, 1.82) is 0 Å². The molecule has 138 valence electrons. The SMILES string of the molecule is C[C@]1(CC(=O)O)CC[C@H]2[C@@H]3CCC4=CC(=O)CC[C@]4(C)[C@H]3CC[C@@]21C. The van der Waals surface area contributed by atoms with E-state index in [0.29, 0.717) is 36.4 Å². The zero-order chi connectivity index (χ0) is 18.0. The number of ketones is 1. The Balaban J connectivity index is 1.66. The first-order chi connectivity index (χ1) is 11.7. The van der Waals surface area contributed by atoms with Crippen molar-refractivity contribution in [2.24, 2.45) is 34.0 Å². The second kappa shape index (κ2) is 5.44. The van der Waals surface area contributed by atoms with Crippen molar-refractivity contribution in [2.45, 2.75) is 78.6 Å². The van der Waals surface area contributed by atoms with Crippen LogP contribution in [-0.4, -0.2) is 16.9 Å². The van der Waals surface area contributed by atoms with E-state index in [-0.39, 0.29) is 16.2 Å². The first kappa shape index (κ1) is 17.3. The highest BCUT2D eigenvalue weighted by Crippen LogP contribution is 2.70. The van der Waals surface area contributed by atoms with Crippen LogP contribution in [-0.2, 0) is 9.59 Å². The normalized spacial score (nSPS) is 49.0. The molecule has 1 N–H and O–H groups in total. The number of hydrogen-bond donors (Lipinski definition) is 1. The van der Waals surface area contributed by atoms with Crippen LogP contribution < -0.4 is 0 Å². The molecule has 3 saturated carbocycles. The van der Waals surface area contributed by atoms with Crippen LogP contribution in [0.5, 0.6) is 0 Å². The molecule has 0 unspecified atom stereocenters. The highest BCUT2D eigenvalue weighted by molar-refractivity contribution is 5.91. The van der Waals surface area contributed by atoms with Gasteiger partial charge in [-0.15, -0.1) is 0 Å². The van der Waals surface area contributed by atoms with Gasteiger partial charge in [-0.25, -0.2) is 0 Å². The van der Waals surface area contributed by atoms with Crippen LogP contribution in [0, 0.1) is 34.0 Å². The molecule has 4 aliphatic rings. The van der Waals surface area contributed by atoms with E-state index in [2.05, 4.69) is 20.8 Å². The first-order valence-corrected chi connectivity index (χ1v) is 10.2. The zero-order valence-electron chi connectivity index (χ0n) is 15.9. The van der Waals surface area contributed by atoms with Gasteiger partial charge in [0.25, 0.3) is 0 Å². The van der Waals surface area contributed by atoms with Crippen molar-refractivity contribution in [2.75, 3.05) is 0 Å². The van der Waals surface area contributed by atoms with Crippen molar-refractivity contribution >= 4 is 11.8 Å². The summed E-state index contributed by atoms with van der Waals surface area (Å²) in [5.74, 6) is 1.74. The molecule has 0 aromatic rings. The van der Waals surface area contributed by atoms with E-state index < -0.39 is 5.97 Å². The molecule has 0 aromatic heterocycles. The van der Waals surface area contributed by atoms with Crippen LogP contribution in [0.1, 0.15) is 78.6 Å². The Kier molecular flexibility index (Phi) is 3.76. The molecule has 4 rings (SSSR count). The molecule has 0 amide bonds. The van der Waals surface area contributed by atoms with Gasteiger partial charge in [0, 0.05) is 6.42 Å². The lowest BCUT2D eigenvalue weighted by Gasteiger charge is -2.59. The molecule has 0 spiro atoms. The number of fused-ring (bicyclic) bond motifs is 5. The number of carbonyl (C=O) groups excluding carboxylic acids is 1. The molecule has 25 heavy (non-hydrogen) atoms. The van der Waals surface area contributed by atoms with Gasteiger partial charge in [0.2, 0.25) is 0 Å². The average molecular weight is 344 g/mol. The lowest BCUT2D eigenvalue weighted by molar-refractivity contribution is -0.144. The topological polar surface area (TPSA) is 54.4 Å². The van der Waals surface area contributed by atoms with Crippen LogP contribution in [0.3, 0.4) is 0 Å². The number of carbonyl (C=O) groups is 2. The van der Waals surface area contributed by atoms with Crippen molar-refractivity contribution < 1.29 is 14.7 Å². The average Bonchev–Trinajstić information content (AvgIpc) is 2.79. The molecule has 0 aromatic carbocycles. The monoisotopic (exact) mass is 344 g/mol. The van der Waals surface area contributed by atoms with E-state index >= 15 is 0 Å². The summed E-state index contributed by atoms with van der Waals surface area (Å²) < 4.78 is 0. The maximum Gasteiger partial charge on any atom is 0.303 e. The minimum Gasteiger partial charge on any atom is -0.481 e. The Morgan fingerprint density at radius 3 is 2.52 bits per heavy atom. The minimum absolute atomic E-state index is 0.0615. The van der Waals surface area contributed by atoms with Crippen LogP contribution in [0.2, 0.25) is 0 Å². The van der Waals surface area contributed by atoms with E-state index in [1.54, 1.807) is 0 Å². The van der Waals surface area contributed by atoms with E-state index in [9.17, 15) is 14.7 Å². The Hall–Kier alpha value is -1.12. The zero-order valence-corrected chi connectivity index (χ0v) is 15.9. The van der Waals surface area contributed by atoms with Gasteiger partial charge in [-0.05, 0) is 85.0 Å². The number of hydrogen-bond acceptors (Lipinski definition) is 2. The van der Waals surface area contributed by atoms with Crippen molar-refractivity contribution in [1.82, 2.24) is 0 Å². The second-order valence-corrected chi connectivity index (χ2v) is 10.1. The summed E-state index contributed by atoms with van der Waals surface area (Å²) in [6.45, 7) is 7.04. The summed E-state index contributed by atoms with van der Waals surface area (Å²) in [7, 11) is 0. The van der Waals surface area contributed by atoms with Crippen molar-refractivity contribution in [3.8, 4) is 0 Å². The molecular formula is C22H32O3. The third kappa shape index (κ3) is 2.30. The fraction of sp³-hybridized carbons (Fsp3) is 0.818. The smallest absolute Gasteiger partial charge is 0.303 e. The highest BCUT2D eigenvalue weighted by atomic mass is 16.4. The van der Waals surface area contributed by atoms with Gasteiger partial charge in [0.1, 0.15) is 0 Å². The highest BCUT2D eigenvalue weighted by Gasteiger charge is 2.62. The second-order valence-electron chi connectivity index (χ2n) is 10.1. The Bertz CT molecular complexity index is 650. The Morgan fingerprint density at radius 2 is 1.80 bits per heavy atom. The van der Waals surface area contributed by atoms with E-state index in [1.165, 1.54) is 24.8 Å². The maximum absolute atomic E-state index is 11.9. The van der Waals surface area contributed by atoms with Crippen molar-refractivity contribution in [3.63, 3.8) is 0 Å². The van der Waals surface area contributed by atoms with Gasteiger partial charge in [-0.1, -0.05) is 26.3 Å². The number of rotatable bonds is 2. The van der Waals surface area contributed by atoms with Gasteiger partial charge in [0.05, 0.1) is 6.42 Å². The molecule has 6 atom stereocenters. The fourth-order valence-corrected chi connectivity index (χ4v) is 7.55. The standard InChI is InChI=1S/C22H32O3/c1-20(13-19(24)25)9-7-18-16-5-4-14-12-15(23)6-10-21(14,2)17(16)8-11-22(18,20)3/h12,16-18H,4-11,13H2,1-3H3,(H,24,25)/t16-,17+,18+,20-,21+,22+/m1/s1. The minimum atomic E-state index is -0.641. The first-order valence-electron chi connectivity index (χ1n) is 10.2. The molecule has 4 aliphatic carbocycles. The fourth-order valence-electron chi connectivity index (χ4n) is 7.55. The number of aliphatic carboxylic acids is 1. The lowest BCUT2D eigenvalue weighted by atomic mass is 9.45. The molecular weight excluding hydrogens is 312 g/mol. The molecule has 0 saturated heterocycles. The molecule has 3 heteroatoms. The summed E-state index contributed by atoms with van der Waals surface area (Å²) >= 11 is 0. The lowest BCUT2D eigenvalue weighted by Crippen LogP contribution is -2.52. The van der Waals surface area contributed by atoms with Gasteiger partial charge in [0.15, 0.2) is 5.78 Å². The van der Waals surface area contributed by atoms with Gasteiger partial charge in [-0.2, -0.15) is 0 Å². The summed E-state index contributed by atoms with van der Waals surface area (Å²) in [6, 6.07) is 0. The molecule has 3 nitrogen and oxygen atoms in total. The van der Waals surface area contributed by atoms with Crippen LogP contribution in [0.15, 0.2) is 11.6 Å². The molecule has 0 heterocycles. The predicted octanol–water partition coefficient (Wildman–Crippen LogP) is 5.00. The summed E-state index contributed by atoms with van der Waals surface area (Å²) in [6.07, 6.45) is 10.9. The van der Waals surface area contributed by atoms with Gasteiger partial charge < -0.3 is 5.11 Å². The third-order valence-corrected chi connectivity index (χ3v) is 9.28. The van der Waals surface area contributed by atoms with E-state index in [1.807, 2.05) is 6.08 Å². The molecule has 0 aliphatic heterocycles. The molecule has 0 bridgehead atoms. The Morgan fingerprint density at radius 1 is 1.08 bits per heavy atom. The number of allylic oxidation sites excluding steroid dienone is 1. The molecule has 0 radical (unpaired) electrons. The summed E-state index contributed by atoms with van der Waals surface area (Å²) in [4.78, 5) is 23.4. The van der Waals surface area contributed by atoms with Gasteiger partial charge >= 0.3 is 5.97 Å². The summed E-state index contributed by atoms with van der Waals surface area (Å²) in [5, 5.41) is 9.46. The molecule has 3 fully saturated rings. The van der Waals surface area contributed by atoms with E-state index in [4.69, 9.17) is 0 Å². The summed E-state index contributed by atoms with van der Waals surface area (Å²) in [5.41, 5.74) is 1.73. The van der Waals surface area contributed by atoms with Gasteiger partial charge in [-0.3, -0.25) is 9.59 Å². The van der Waals surface area contributed by atoms with Crippen LogP contribution >= 0.6 is 0 Å². The van der Waals surface area contributed by atoms with Crippen LogP contribution in [0.25, 0.3) is 0 Å². The van der Waals surface area contributed by atoms with Crippen molar-refractivity contribution in [3.05, 3.63) is 11.6 Å². The third-order valence-electron chi connectivity index (χ3n) is 9.28. The number of carboxylic acid groups (broad SMARTS) is 1. The largest absolute Gasteiger partial charge is 0.481 e. The van der Waals surface area contributed by atoms with E-state index in [0.717, 1.165) is 25.7 Å². The quantitative estimate of drug-likeness (QED) is 0.767. The maximum atomic E-state index is 11.9.